The molecule has 1 atom stereocenters. The van der Waals surface area contributed by atoms with Crippen molar-refractivity contribution in [2.24, 2.45) is 0 Å². The fourth-order valence-corrected chi connectivity index (χ4v) is 2.88. The first-order valence-corrected chi connectivity index (χ1v) is 8.11. The van der Waals surface area contributed by atoms with Gasteiger partial charge in [-0.2, -0.15) is 0 Å². The van der Waals surface area contributed by atoms with Crippen LogP contribution in [0.3, 0.4) is 0 Å². The molecule has 2 heterocycles. The van der Waals surface area contributed by atoms with Crippen LogP contribution in [0.15, 0.2) is 34.7 Å². The molecular formula is C18H21N3O3. The first-order valence-electron chi connectivity index (χ1n) is 8.11. The van der Waals surface area contributed by atoms with Gasteiger partial charge in [-0.05, 0) is 39.3 Å². The van der Waals surface area contributed by atoms with E-state index in [1.807, 2.05) is 44.2 Å². The first kappa shape index (κ1) is 16.2. The van der Waals surface area contributed by atoms with Gasteiger partial charge in [0.15, 0.2) is 0 Å². The summed E-state index contributed by atoms with van der Waals surface area (Å²) in [7, 11) is 0. The smallest absolute Gasteiger partial charge is 0.289 e. The van der Waals surface area contributed by atoms with E-state index in [0.29, 0.717) is 24.6 Å². The van der Waals surface area contributed by atoms with Gasteiger partial charge in [-0.1, -0.05) is 18.2 Å². The molecule has 0 bridgehead atoms. The van der Waals surface area contributed by atoms with Gasteiger partial charge < -0.3 is 14.6 Å². The zero-order valence-electron chi connectivity index (χ0n) is 14.1. The molecule has 1 aromatic heterocycles. The maximum atomic E-state index is 12.5. The highest BCUT2D eigenvalue weighted by Crippen LogP contribution is 2.22. The van der Waals surface area contributed by atoms with Crippen molar-refractivity contribution < 1.29 is 14.0 Å². The third-order valence-electron chi connectivity index (χ3n) is 4.19. The molecule has 1 fully saturated rings. The monoisotopic (exact) mass is 327 g/mol. The van der Waals surface area contributed by atoms with Crippen LogP contribution >= 0.6 is 0 Å². The van der Waals surface area contributed by atoms with Crippen molar-refractivity contribution in [1.29, 1.82) is 0 Å². The molecular weight excluding hydrogens is 306 g/mol. The van der Waals surface area contributed by atoms with E-state index >= 15 is 0 Å². The van der Waals surface area contributed by atoms with Crippen molar-refractivity contribution in [1.82, 2.24) is 15.2 Å². The molecule has 0 aliphatic carbocycles. The third kappa shape index (κ3) is 3.04. The number of nitrogens with one attached hydrogen (secondary N) is 1. The number of hydrogen-bond donors (Lipinski definition) is 1. The van der Waals surface area contributed by atoms with E-state index in [0.717, 1.165) is 5.56 Å². The normalized spacial score (nSPS) is 17.6. The average Bonchev–Trinajstić information content (AvgIpc) is 3.12. The van der Waals surface area contributed by atoms with Gasteiger partial charge in [0.2, 0.25) is 17.6 Å². The van der Waals surface area contributed by atoms with Gasteiger partial charge in [-0.15, -0.1) is 0 Å². The van der Waals surface area contributed by atoms with Crippen LogP contribution in [0, 0.1) is 6.92 Å². The molecule has 0 spiro atoms. The molecule has 24 heavy (non-hydrogen) atoms. The minimum atomic E-state index is -0.496. The molecule has 0 unspecified atom stereocenters. The molecule has 126 valence electrons. The van der Waals surface area contributed by atoms with Gasteiger partial charge in [-0.3, -0.25) is 9.59 Å². The van der Waals surface area contributed by atoms with E-state index in [9.17, 15) is 9.59 Å². The van der Waals surface area contributed by atoms with Crippen LogP contribution in [0.4, 0.5) is 0 Å². The second-order valence-corrected chi connectivity index (χ2v) is 6.24. The Morgan fingerprint density at radius 2 is 2.04 bits per heavy atom. The van der Waals surface area contributed by atoms with Crippen molar-refractivity contribution in [3.05, 3.63) is 41.8 Å². The van der Waals surface area contributed by atoms with E-state index < -0.39 is 11.9 Å². The summed E-state index contributed by atoms with van der Waals surface area (Å²) in [4.78, 5) is 30.9. The molecule has 1 N–H and O–H groups in total. The fourth-order valence-electron chi connectivity index (χ4n) is 2.88. The van der Waals surface area contributed by atoms with E-state index in [2.05, 4.69) is 10.3 Å². The summed E-state index contributed by atoms with van der Waals surface area (Å²) < 4.78 is 5.63. The molecule has 6 nitrogen and oxygen atoms in total. The van der Waals surface area contributed by atoms with Gasteiger partial charge >= 0.3 is 0 Å². The number of aromatic nitrogens is 1. The number of oxazole rings is 1. The van der Waals surface area contributed by atoms with Gasteiger partial charge in [0.25, 0.3) is 5.91 Å². The number of likely N-dealkylation sites (tertiary alicyclic amines) is 1. The van der Waals surface area contributed by atoms with E-state index in [-0.39, 0.29) is 17.7 Å². The molecule has 0 radical (unpaired) electrons. The summed E-state index contributed by atoms with van der Waals surface area (Å²) in [6, 6.07) is 9.04. The summed E-state index contributed by atoms with van der Waals surface area (Å²) >= 11 is 0. The van der Waals surface area contributed by atoms with Gasteiger partial charge in [-0.25, -0.2) is 4.98 Å². The minimum absolute atomic E-state index is 0.0428. The van der Waals surface area contributed by atoms with Crippen molar-refractivity contribution in [3.63, 3.8) is 0 Å². The molecule has 3 rings (SSSR count). The van der Waals surface area contributed by atoms with Gasteiger partial charge in [0, 0.05) is 18.2 Å². The lowest BCUT2D eigenvalue weighted by Crippen LogP contribution is -2.43. The van der Waals surface area contributed by atoms with Crippen LogP contribution in [0.1, 0.15) is 36.5 Å². The molecule has 2 aromatic rings. The lowest BCUT2D eigenvalue weighted by atomic mass is 10.2. The van der Waals surface area contributed by atoms with E-state index in [1.54, 1.807) is 11.8 Å². The molecule has 1 aliphatic rings. The van der Waals surface area contributed by atoms with Gasteiger partial charge in [0.1, 0.15) is 6.04 Å². The molecule has 1 aliphatic heterocycles. The highest BCUT2D eigenvalue weighted by atomic mass is 16.4. The van der Waals surface area contributed by atoms with Crippen LogP contribution in [0.5, 0.6) is 0 Å². The highest BCUT2D eigenvalue weighted by molar-refractivity contribution is 5.97. The van der Waals surface area contributed by atoms with Crippen molar-refractivity contribution in [3.8, 4) is 11.5 Å². The van der Waals surface area contributed by atoms with Crippen LogP contribution in [0.2, 0.25) is 0 Å². The Labute approximate surface area is 140 Å². The molecule has 2 amide bonds. The Morgan fingerprint density at radius 1 is 1.33 bits per heavy atom. The lowest BCUT2D eigenvalue weighted by molar-refractivity contribution is -0.130. The highest BCUT2D eigenvalue weighted by Gasteiger charge is 2.35. The largest absolute Gasteiger partial charge is 0.431 e. The summed E-state index contributed by atoms with van der Waals surface area (Å²) in [5.41, 5.74) is 1.32. The number of nitrogens with zero attached hydrogens (tertiary/aromatic N) is 2. The topological polar surface area (TPSA) is 75.4 Å². The number of carbonyl (C=O) groups is 2. The van der Waals surface area contributed by atoms with Crippen LogP contribution in [0.25, 0.3) is 11.5 Å². The Kier molecular flexibility index (Phi) is 4.38. The fraction of sp³-hybridized carbons (Fsp3) is 0.389. The number of rotatable bonds is 4. The molecule has 1 aromatic carbocycles. The predicted octanol–water partition coefficient (Wildman–Crippen LogP) is 2.39. The third-order valence-corrected chi connectivity index (χ3v) is 4.19. The maximum absolute atomic E-state index is 12.5. The van der Waals surface area contributed by atoms with Crippen molar-refractivity contribution in [2.45, 2.75) is 39.3 Å². The first-order chi connectivity index (χ1) is 11.5. The van der Waals surface area contributed by atoms with E-state index in [1.165, 1.54) is 0 Å². The Hall–Kier alpha value is -2.63. The molecule has 1 saturated heterocycles. The maximum Gasteiger partial charge on any atom is 0.289 e. The summed E-state index contributed by atoms with van der Waals surface area (Å²) in [5.74, 6) is 0.120. The minimum Gasteiger partial charge on any atom is -0.431 e. The second kappa shape index (κ2) is 6.47. The molecule has 6 heteroatoms. The Bertz CT molecular complexity index is 752. The standard InChI is InChI=1S/C18H21N3O3/c1-11(2)21-10-9-14(18(21)23)20-16(22)15-12(3)19-17(24-15)13-7-5-4-6-8-13/h4-8,11,14H,9-10H2,1-3H3,(H,20,22)/t14-/m1/s1. The average molecular weight is 327 g/mol. The van der Waals surface area contributed by atoms with Crippen LogP contribution < -0.4 is 5.32 Å². The Balaban J connectivity index is 1.75. The lowest BCUT2D eigenvalue weighted by Gasteiger charge is -2.20. The summed E-state index contributed by atoms with van der Waals surface area (Å²) in [6.07, 6.45) is 0.613. The number of hydrogen-bond acceptors (Lipinski definition) is 4. The molecule has 0 saturated carbocycles. The SMILES string of the molecule is Cc1nc(-c2ccccc2)oc1C(=O)N[C@@H]1CCN(C(C)C)C1=O. The zero-order valence-corrected chi connectivity index (χ0v) is 14.1. The number of benzene rings is 1. The van der Waals surface area contributed by atoms with Crippen molar-refractivity contribution >= 4 is 11.8 Å². The summed E-state index contributed by atoms with van der Waals surface area (Å²) in [5, 5.41) is 2.77. The van der Waals surface area contributed by atoms with Gasteiger partial charge in [0.05, 0.1) is 5.69 Å². The second-order valence-electron chi connectivity index (χ2n) is 6.24. The quantitative estimate of drug-likeness (QED) is 0.935. The number of carbonyl (C=O) groups excluding carboxylic acids is 2. The number of amides is 2. The number of aryl methyl sites for hydroxylation is 1. The summed E-state index contributed by atoms with van der Waals surface area (Å²) in [6.45, 7) is 6.32. The van der Waals surface area contributed by atoms with E-state index in [4.69, 9.17) is 4.42 Å². The van der Waals surface area contributed by atoms with Crippen molar-refractivity contribution in [2.75, 3.05) is 6.54 Å². The predicted molar refractivity (Wildman–Crippen MR) is 89.4 cm³/mol. The van der Waals surface area contributed by atoms with Crippen LogP contribution in [-0.2, 0) is 4.79 Å². The van der Waals surface area contributed by atoms with Crippen LogP contribution in [-0.4, -0.2) is 40.3 Å². The Morgan fingerprint density at radius 3 is 2.67 bits per heavy atom. The zero-order chi connectivity index (χ0) is 17.3.